The van der Waals surface area contributed by atoms with Crippen molar-refractivity contribution in [2.45, 2.75) is 51.3 Å². The van der Waals surface area contributed by atoms with Gasteiger partial charge in [0.2, 0.25) is 0 Å². The van der Waals surface area contributed by atoms with Crippen molar-refractivity contribution in [3.8, 4) is 0 Å². The fourth-order valence-corrected chi connectivity index (χ4v) is 3.79. The van der Waals surface area contributed by atoms with Gasteiger partial charge in [0.05, 0.1) is 6.61 Å². The predicted octanol–water partition coefficient (Wildman–Crippen LogP) is 2.82. The Kier molecular flexibility index (Phi) is 5.21. The molecule has 2 aliphatic heterocycles. The SMILES string of the molecule is CC(C)N1CCCCC2(CN(Cc3ccccc3F)CCO2)C1=O. The third-order valence-corrected chi connectivity index (χ3v) is 5.12. The Morgan fingerprint density at radius 1 is 1.25 bits per heavy atom. The summed E-state index contributed by atoms with van der Waals surface area (Å²) in [6.07, 6.45) is 2.76. The molecule has 2 fully saturated rings. The zero-order valence-corrected chi connectivity index (χ0v) is 14.6. The van der Waals surface area contributed by atoms with Crippen LogP contribution in [-0.4, -0.2) is 53.6 Å². The van der Waals surface area contributed by atoms with Crippen molar-refractivity contribution in [3.63, 3.8) is 0 Å². The van der Waals surface area contributed by atoms with E-state index in [1.807, 2.05) is 17.0 Å². The average Bonchev–Trinajstić information content (AvgIpc) is 2.70. The van der Waals surface area contributed by atoms with Gasteiger partial charge in [-0.25, -0.2) is 4.39 Å². The maximum atomic E-state index is 14.0. The first-order chi connectivity index (χ1) is 11.5. The van der Waals surface area contributed by atoms with Gasteiger partial charge in [0.15, 0.2) is 5.60 Å². The topological polar surface area (TPSA) is 32.8 Å². The predicted molar refractivity (Wildman–Crippen MR) is 91.1 cm³/mol. The van der Waals surface area contributed by atoms with Crippen molar-refractivity contribution in [1.82, 2.24) is 9.80 Å². The second kappa shape index (κ2) is 7.19. The molecule has 0 bridgehead atoms. The van der Waals surface area contributed by atoms with Crippen molar-refractivity contribution in [2.75, 3.05) is 26.2 Å². The lowest BCUT2D eigenvalue weighted by Crippen LogP contribution is -2.60. The lowest BCUT2D eigenvalue weighted by atomic mass is 9.93. The smallest absolute Gasteiger partial charge is 0.256 e. The molecule has 2 aliphatic rings. The summed E-state index contributed by atoms with van der Waals surface area (Å²) in [7, 11) is 0. The van der Waals surface area contributed by atoms with Crippen LogP contribution in [0.5, 0.6) is 0 Å². The molecule has 0 aromatic heterocycles. The van der Waals surface area contributed by atoms with E-state index in [4.69, 9.17) is 4.74 Å². The highest BCUT2D eigenvalue weighted by atomic mass is 19.1. The highest BCUT2D eigenvalue weighted by Gasteiger charge is 2.47. The Balaban J connectivity index is 1.78. The number of benzene rings is 1. The Hall–Kier alpha value is -1.46. The van der Waals surface area contributed by atoms with Gasteiger partial charge in [0, 0.05) is 37.8 Å². The lowest BCUT2D eigenvalue weighted by molar-refractivity contribution is -0.172. The van der Waals surface area contributed by atoms with Gasteiger partial charge in [0.25, 0.3) is 5.91 Å². The quantitative estimate of drug-likeness (QED) is 0.852. The molecule has 1 spiro atoms. The zero-order chi connectivity index (χ0) is 17.2. The van der Waals surface area contributed by atoms with E-state index < -0.39 is 5.60 Å². The van der Waals surface area contributed by atoms with E-state index in [0.717, 1.165) is 32.4 Å². The molecule has 0 saturated carbocycles. The minimum absolute atomic E-state index is 0.105. The molecular formula is C19H27FN2O2. The Bertz CT molecular complexity index is 592. The first-order valence-corrected chi connectivity index (χ1v) is 8.93. The number of halogens is 1. The molecule has 3 rings (SSSR count). The Labute approximate surface area is 143 Å². The molecule has 4 nitrogen and oxygen atoms in total. The number of carbonyl (C=O) groups excluding carboxylic acids is 1. The van der Waals surface area contributed by atoms with E-state index in [1.54, 1.807) is 6.07 Å². The van der Waals surface area contributed by atoms with Crippen LogP contribution in [0.1, 0.15) is 38.7 Å². The van der Waals surface area contributed by atoms with Crippen LogP contribution in [0.25, 0.3) is 0 Å². The summed E-state index contributed by atoms with van der Waals surface area (Å²) in [5, 5.41) is 0. The molecule has 1 aromatic carbocycles. The zero-order valence-electron chi connectivity index (χ0n) is 14.6. The summed E-state index contributed by atoms with van der Waals surface area (Å²) in [5.41, 5.74) is -0.0825. The molecule has 2 heterocycles. The fraction of sp³-hybridized carbons (Fsp3) is 0.632. The number of ether oxygens (including phenoxy) is 1. The maximum Gasteiger partial charge on any atom is 0.256 e. The number of amides is 1. The van der Waals surface area contributed by atoms with Crippen molar-refractivity contribution < 1.29 is 13.9 Å². The standard InChI is InChI=1S/C19H27FN2O2/c1-15(2)22-10-6-5-9-19(18(22)23)14-21(11-12-24-19)13-16-7-3-4-8-17(16)20/h3-4,7-8,15H,5-6,9-14H2,1-2H3. The highest BCUT2D eigenvalue weighted by Crippen LogP contribution is 2.31. The lowest BCUT2D eigenvalue weighted by Gasteiger charge is -2.43. The van der Waals surface area contributed by atoms with Crippen LogP contribution in [0, 0.1) is 5.82 Å². The van der Waals surface area contributed by atoms with Gasteiger partial charge in [0.1, 0.15) is 5.82 Å². The first kappa shape index (κ1) is 17.4. The van der Waals surface area contributed by atoms with E-state index in [2.05, 4.69) is 18.7 Å². The summed E-state index contributed by atoms with van der Waals surface area (Å²) < 4.78 is 20.0. The van der Waals surface area contributed by atoms with Crippen molar-refractivity contribution in [1.29, 1.82) is 0 Å². The highest BCUT2D eigenvalue weighted by molar-refractivity contribution is 5.86. The summed E-state index contributed by atoms with van der Waals surface area (Å²) in [4.78, 5) is 17.2. The largest absolute Gasteiger partial charge is 0.362 e. The van der Waals surface area contributed by atoms with Gasteiger partial charge in [-0.2, -0.15) is 0 Å². The molecule has 2 saturated heterocycles. The summed E-state index contributed by atoms with van der Waals surface area (Å²) in [5.74, 6) is -0.0812. The van der Waals surface area contributed by atoms with Gasteiger partial charge >= 0.3 is 0 Å². The number of nitrogens with zero attached hydrogens (tertiary/aromatic N) is 2. The van der Waals surface area contributed by atoms with Crippen LogP contribution < -0.4 is 0 Å². The van der Waals surface area contributed by atoms with E-state index in [-0.39, 0.29) is 17.8 Å². The number of rotatable bonds is 3. The molecule has 0 aliphatic carbocycles. The number of hydrogen-bond acceptors (Lipinski definition) is 3. The molecular weight excluding hydrogens is 307 g/mol. The van der Waals surface area contributed by atoms with Gasteiger partial charge in [-0.1, -0.05) is 18.2 Å². The van der Waals surface area contributed by atoms with Gasteiger partial charge in [-0.3, -0.25) is 9.69 Å². The molecule has 24 heavy (non-hydrogen) atoms. The van der Waals surface area contributed by atoms with Gasteiger partial charge in [-0.05, 0) is 39.2 Å². The third-order valence-electron chi connectivity index (χ3n) is 5.12. The molecule has 1 amide bonds. The molecule has 5 heteroatoms. The Morgan fingerprint density at radius 2 is 2.04 bits per heavy atom. The number of likely N-dealkylation sites (tertiary alicyclic amines) is 1. The second-order valence-electron chi connectivity index (χ2n) is 7.19. The number of hydrogen-bond donors (Lipinski definition) is 0. The summed E-state index contributed by atoms with van der Waals surface area (Å²) >= 11 is 0. The fourth-order valence-electron chi connectivity index (χ4n) is 3.79. The molecule has 0 N–H and O–H groups in total. The van der Waals surface area contributed by atoms with Crippen LogP contribution >= 0.6 is 0 Å². The maximum absolute atomic E-state index is 14.0. The van der Waals surface area contributed by atoms with E-state index in [0.29, 0.717) is 25.3 Å². The van der Waals surface area contributed by atoms with Gasteiger partial charge in [-0.15, -0.1) is 0 Å². The Morgan fingerprint density at radius 3 is 2.79 bits per heavy atom. The van der Waals surface area contributed by atoms with Crippen LogP contribution in [-0.2, 0) is 16.1 Å². The average molecular weight is 334 g/mol. The number of morpholine rings is 1. The number of carbonyl (C=O) groups is 1. The van der Waals surface area contributed by atoms with Crippen LogP contribution in [0.2, 0.25) is 0 Å². The van der Waals surface area contributed by atoms with E-state index in [1.165, 1.54) is 6.07 Å². The molecule has 132 valence electrons. The van der Waals surface area contributed by atoms with Crippen molar-refractivity contribution in [3.05, 3.63) is 35.6 Å². The summed E-state index contributed by atoms with van der Waals surface area (Å²) in [6.45, 7) is 7.22. The minimum Gasteiger partial charge on any atom is -0.362 e. The van der Waals surface area contributed by atoms with E-state index in [9.17, 15) is 9.18 Å². The first-order valence-electron chi connectivity index (χ1n) is 8.93. The normalized spacial score (nSPS) is 26.2. The molecule has 1 unspecified atom stereocenters. The molecule has 1 atom stereocenters. The minimum atomic E-state index is -0.760. The van der Waals surface area contributed by atoms with Gasteiger partial charge < -0.3 is 9.64 Å². The second-order valence-corrected chi connectivity index (χ2v) is 7.19. The van der Waals surface area contributed by atoms with Crippen LogP contribution in [0.15, 0.2) is 24.3 Å². The molecule has 1 aromatic rings. The molecule has 0 radical (unpaired) electrons. The van der Waals surface area contributed by atoms with Crippen LogP contribution in [0.3, 0.4) is 0 Å². The van der Waals surface area contributed by atoms with Crippen LogP contribution in [0.4, 0.5) is 4.39 Å². The summed E-state index contributed by atoms with van der Waals surface area (Å²) in [6, 6.07) is 7.04. The van der Waals surface area contributed by atoms with Crippen molar-refractivity contribution in [2.24, 2.45) is 0 Å². The van der Waals surface area contributed by atoms with Crippen molar-refractivity contribution >= 4 is 5.91 Å². The third kappa shape index (κ3) is 3.47. The van der Waals surface area contributed by atoms with E-state index >= 15 is 0 Å². The monoisotopic (exact) mass is 334 g/mol.